The lowest BCUT2D eigenvalue weighted by molar-refractivity contribution is -0.146. The van der Waals surface area contributed by atoms with Gasteiger partial charge >= 0.3 is 5.97 Å². The molecule has 0 heterocycles. The molecular formula is C11H11Br2FO3. The van der Waals surface area contributed by atoms with Crippen molar-refractivity contribution in [3.63, 3.8) is 0 Å². The summed E-state index contributed by atoms with van der Waals surface area (Å²) in [6.45, 7) is 0. The Morgan fingerprint density at radius 1 is 1.35 bits per heavy atom. The molecule has 0 radical (unpaired) electrons. The van der Waals surface area contributed by atoms with Gasteiger partial charge in [0, 0.05) is 6.42 Å². The Labute approximate surface area is 116 Å². The van der Waals surface area contributed by atoms with Gasteiger partial charge in [0.15, 0.2) is 0 Å². The first-order valence-electron chi connectivity index (χ1n) is 4.73. The van der Waals surface area contributed by atoms with E-state index in [9.17, 15) is 9.18 Å². The second kappa shape index (κ2) is 6.35. The summed E-state index contributed by atoms with van der Waals surface area (Å²) in [4.78, 5) is 11.0. The second-order valence-corrected chi connectivity index (χ2v) is 5.00. The third kappa shape index (κ3) is 3.67. The minimum Gasteiger partial charge on any atom is -0.494 e. The molecule has 1 aromatic rings. The molecule has 0 fully saturated rings. The summed E-state index contributed by atoms with van der Waals surface area (Å²) in [6.07, 6.45) is -1.69. The highest BCUT2D eigenvalue weighted by atomic mass is 79.9. The Balaban J connectivity index is 2.90. The number of carbonyl (C=O) groups is 1. The monoisotopic (exact) mass is 368 g/mol. The largest absolute Gasteiger partial charge is 0.494 e. The summed E-state index contributed by atoms with van der Waals surface area (Å²) in [6, 6.07) is 3.41. The van der Waals surface area contributed by atoms with E-state index in [1.54, 1.807) is 12.1 Å². The van der Waals surface area contributed by atoms with Crippen LogP contribution >= 0.6 is 31.9 Å². The lowest BCUT2D eigenvalue weighted by Gasteiger charge is -2.10. The molecule has 0 aliphatic heterocycles. The van der Waals surface area contributed by atoms with Crippen LogP contribution in [0.15, 0.2) is 21.1 Å². The summed E-state index contributed by atoms with van der Waals surface area (Å²) in [7, 11) is 2.70. The van der Waals surface area contributed by atoms with Gasteiger partial charge in [-0.2, -0.15) is 0 Å². The van der Waals surface area contributed by atoms with Gasteiger partial charge in [-0.1, -0.05) is 0 Å². The van der Waals surface area contributed by atoms with Gasteiger partial charge in [-0.3, -0.25) is 0 Å². The Bertz CT molecular complexity index is 400. The second-order valence-electron chi connectivity index (χ2n) is 3.29. The van der Waals surface area contributed by atoms with E-state index >= 15 is 0 Å². The fourth-order valence-electron chi connectivity index (χ4n) is 1.34. The quantitative estimate of drug-likeness (QED) is 0.764. The molecule has 6 heteroatoms. The lowest BCUT2D eigenvalue weighted by Crippen LogP contribution is -2.19. The van der Waals surface area contributed by atoms with Gasteiger partial charge in [-0.05, 0) is 49.6 Å². The van der Waals surface area contributed by atoms with Gasteiger partial charge in [-0.25, -0.2) is 9.18 Å². The molecule has 0 aromatic heterocycles. The molecule has 0 N–H and O–H groups in total. The zero-order chi connectivity index (χ0) is 13.0. The molecule has 0 saturated heterocycles. The van der Waals surface area contributed by atoms with E-state index in [1.807, 2.05) is 0 Å². The fourth-order valence-corrected chi connectivity index (χ4v) is 2.95. The number of hydrogen-bond acceptors (Lipinski definition) is 3. The maximum Gasteiger partial charge on any atom is 0.340 e. The van der Waals surface area contributed by atoms with E-state index in [-0.39, 0.29) is 6.42 Å². The molecule has 1 atom stereocenters. The number of ether oxygens (including phenoxy) is 2. The van der Waals surface area contributed by atoms with Gasteiger partial charge in [0.1, 0.15) is 5.75 Å². The molecule has 3 nitrogen and oxygen atoms in total. The van der Waals surface area contributed by atoms with Crippen molar-refractivity contribution in [2.45, 2.75) is 12.6 Å². The summed E-state index contributed by atoms with van der Waals surface area (Å²) in [5.41, 5.74) is 0.669. The average Bonchev–Trinajstić information content (AvgIpc) is 2.27. The van der Waals surface area contributed by atoms with Gasteiger partial charge in [0.2, 0.25) is 6.17 Å². The first-order chi connectivity index (χ1) is 7.99. The van der Waals surface area contributed by atoms with Crippen LogP contribution in [0.1, 0.15) is 5.56 Å². The van der Waals surface area contributed by atoms with Gasteiger partial charge in [0.05, 0.1) is 23.2 Å². The number of carbonyl (C=O) groups excluding carboxylic acids is 1. The topological polar surface area (TPSA) is 35.5 Å². The van der Waals surface area contributed by atoms with Crippen LogP contribution < -0.4 is 4.74 Å². The summed E-state index contributed by atoms with van der Waals surface area (Å²) in [5.74, 6) is -0.240. The van der Waals surface area contributed by atoms with Crippen molar-refractivity contribution in [1.82, 2.24) is 0 Å². The van der Waals surface area contributed by atoms with Crippen LogP contribution in [0.3, 0.4) is 0 Å². The van der Waals surface area contributed by atoms with E-state index in [0.29, 0.717) is 20.3 Å². The number of methoxy groups -OCH3 is 2. The number of benzene rings is 1. The van der Waals surface area contributed by atoms with Crippen molar-refractivity contribution < 1.29 is 18.7 Å². The molecule has 0 bridgehead atoms. The van der Waals surface area contributed by atoms with E-state index in [1.165, 1.54) is 7.11 Å². The number of alkyl halides is 1. The van der Waals surface area contributed by atoms with Crippen LogP contribution in [-0.4, -0.2) is 26.4 Å². The predicted octanol–water partition coefficient (Wildman–Crippen LogP) is 3.27. The molecular weight excluding hydrogens is 359 g/mol. The number of halogens is 3. The lowest BCUT2D eigenvalue weighted by atomic mass is 10.1. The first kappa shape index (κ1) is 14.4. The first-order valence-corrected chi connectivity index (χ1v) is 6.32. The minimum atomic E-state index is -1.66. The maximum atomic E-state index is 13.4. The molecule has 0 amide bonds. The Hall–Kier alpha value is -0.620. The number of esters is 1. The highest BCUT2D eigenvalue weighted by Gasteiger charge is 2.19. The van der Waals surface area contributed by atoms with E-state index in [4.69, 9.17) is 4.74 Å². The summed E-state index contributed by atoms with van der Waals surface area (Å²) >= 11 is 6.62. The molecule has 0 spiro atoms. The predicted molar refractivity (Wildman–Crippen MR) is 69.0 cm³/mol. The zero-order valence-corrected chi connectivity index (χ0v) is 12.5. The maximum absolute atomic E-state index is 13.4. The minimum absolute atomic E-state index is 0.0339. The van der Waals surface area contributed by atoms with Gasteiger partial charge in [0.25, 0.3) is 0 Å². The van der Waals surface area contributed by atoms with Crippen LogP contribution in [0.4, 0.5) is 4.39 Å². The fraction of sp³-hybridized carbons (Fsp3) is 0.364. The molecule has 1 unspecified atom stereocenters. The SMILES string of the molecule is COC(=O)C(F)Cc1cc(Br)c(OC)c(Br)c1. The number of hydrogen-bond donors (Lipinski definition) is 0. The van der Waals surface area contributed by atoms with Crippen molar-refractivity contribution in [2.24, 2.45) is 0 Å². The molecule has 0 aliphatic rings. The van der Waals surface area contributed by atoms with Crippen LogP contribution in [0.25, 0.3) is 0 Å². The third-order valence-electron chi connectivity index (χ3n) is 2.13. The van der Waals surface area contributed by atoms with E-state index < -0.39 is 12.1 Å². The van der Waals surface area contributed by atoms with Crippen LogP contribution in [-0.2, 0) is 16.0 Å². The van der Waals surface area contributed by atoms with Crippen molar-refractivity contribution in [3.8, 4) is 5.75 Å². The Kier molecular flexibility index (Phi) is 5.39. The molecule has 0 aliphatic carbocycles. The van der Waals surface area contributed by atoms with Crippen molar-refractivity contribution >= 4 is 37.8 Å². The highest BCUT2D eigenvalue weighted by molar-refractivity contribution is 9.11. The molecule has 1 aromatic carbocycles. The van der Waals surface area contributed by atoms with Gasteiger partial charge in [-0.15, -0.1) is 0 Å². The Morgan fingerprint density at radius 3 is 2.29 bits per heavy atom. The van der Waals surface area contributed by atoms with Crippen LogP contribution in [0.2, 0.25) is 0 Å². The average molecular weight is 370 g/mol. The van der Waals surface area contributed by atoms with E-state index in [0.717, 1.165) is 7.11 Å². The number of rotatable bonds is 4. The van der Waals surface area contributed by atoms with Gasteiger partial charge < -0.3 is 9.47 Å². The van der Waals surface area contributed by atoms with Crippen LogP contribution in [0.5, 0.6) is 5.75 Å². The molecule has 0 saturated carbocycles. The Morgan fingerprint density at radius 2 is 1.88 bits per heavy atom. The van der Waals surface area contributed by atoms with Crippen LogP contribution in [0, 0.1) is 0 Å². The molecule has 17 heavy (non-hydrogen) atoms. The van der Waals surface area contributed by atoms with E-state index in [2.05, 4.69) is 36.6 Å². The van der Waals surface area contributed by atoms with Crippen molar-refractivity contribution in [3.05, 3.63) is 26.6 Å². The smallest absolute Gasteiger partial charge is 0.340 e. The van der Waals surface area contributed by atoms with Crippen molar-refractivity contribution in [2.75, 3.05) is 14.2 Å². The summed E-state index contributed by atoms with van der Waals surface area (Å²) < 4.78 is 24.2. The third-order valence-corrected chi connectivity index (χ3v) is 3.31. The summed E-state index contributed by atoms with van der Waals surface area (Å²) in [5, 5.41) is 0. The normalized spacial score (nSPS) is 12.1. The zero-order valence-electron chi connectivity index (χ0n) is 9.30. The van der Waals surface area contributed by atoms with Crippen molar-refractivity contribution in [1.29, 1.82) is 0 Å². The molecule has 94 valence electrons. The highest BCUT2D eigenvalue weighted by Crippen LogP contribution is 2.34. The standard InChI is InChI=1S/C11H11Br2FO3/c1-16-10-7(12)3-6(4-8(10)13)5-9(14)11(15)17-2/h3-4,9H,5H2,1-2H3. The molecule has 1 rings (SSSR count).